The summed E-state index contributed by atoms with van der Waals surface area (Å²) in [6.45, 7) is 4.75. The zero-order valence-electron chi connectivity index (χ0n) is 21.4. The molecule has 5 rings (SSSR count). The third-order valence-corrected chi connectivity index (χ3v) is 7.99. The Kier molecular flexibility index (Phi) is 7.74. The summed E-state index contributed by atoms with van der Waals surface area (Å²) in [5, 5.41) is 0. The molecular formula is C30H40N2O3. The first kappa shape index (κ1) is 24.3. The van der Waals surface area contributed by atoms with Gasteiger partial charge < -0.3 is 19.3 Å². The molecule has 5 nitrogen and oxygen atoms in total. The number of ether oxygens (including phenoxy) is 2. The van der Waals surface area contributed by atoms with Gasteiger partial charge in [0.05, 0.1) is 6.61 Å². The van der Waals surface area contributed by atoms with Crippen molar-refractivity contribution in [2.45, 2.75) is 57.5 Å². The van der Waals surface area contributed by atoms with Crippen molar-refractivity contribution >= 4 is 5.91 Å². The van der Waals surface area contributed by atoms with Crippen LogP contribution in [-0.2, 0) is 24.1 Å². The van der Waals surface area contributed by atoms with Crippen LogP contribution in [-0.4, -0.2) is 62.2 Å². The predicted molar refractivity (Wildman–Crippen MR) is 139 cm³/mol. The summed E-state index contributed by atoms with van der Waals surface area (Å²) in [4.78, 5) is 17.6. The number of benzene rings is 2. The highest BCUT2D eigenvalue weighted by molar-refractivity contribution is 5.94. The van der Waals surface area contributed by atoms with E-state index in [0.29, 0.717) is 0 Å². The molecule has 1 aliphatic heterocycles. The molecule has 0 bridgehead atoms. The molecule has 188 valence electrons. The second-order valence-electron chi connectivity index (χ2n) is 10.9. The fraction of sp³-hybridized carbons (Fsp3) is 0.567. The van der Waals surface area contributed by atoms with E-state index in [2.05, 4.69) is 30.1 Å². The monoisotopic (exact) mass is 476 g/mol. The fourth-order valence-corrected chi connectivity index (χ4v) is 5.53. The third kappa shape index (κ3) is 6.45. The van der Waals surface area contributed by atoms with E-state index in [4.69, 9.17) is 9.47 Å². The van der Waals surface area contributed by atoms with Gasteiger partial charge in [0.2, 0.25) is 0 Å². The summed E-state index contributed by atoms with van der Waals surface area (Å²) < 4.78 is 11.3. The highest BCUT2D eigenvalue weighted by Crippen LogP contribution is 2.30. The SMILES string of the molecule is CN(Cc1ccc2c(c1)CC[C@H](N(C)C(=O)c1ccc(OCC3CC3)cc1)C2)CC1CCOCC1. The van der Waals surface area contributed by atoms with Gasteiger partial charge in [-0.05, 0) is 105 Å². The van der Waals surface area contributed by atoms with Gasteiger partial charge in [-0.15, -0.1) is 0 Å². The Bertz CT molecular complexity index is 995. The first-order chi connectivity index (χ1) is 17.0. The van der Waals surface area contributed by atoms with Crippen molar-refractivity contribution in [1.29, 1.82) is 0 Å². The second-order valence-corrected chi connectivity index (χ2v) is 10.9. The van der Waals surface area contributed by atoms with Crippen LogP contribution in [0.3, 0.4) is 0 Å². The number of hydrogen-bond donors (Lipinski definition) is 0. The molecule has 0 N–H and O–H groups in total. The van der Waals surface area contributed by atoms with E-state index in [9.17, 15) is 4.79 Å². The molecule has 35 heavy (non-hydrogen) atoms. The molecule has 5 heteroatoms. The quantitative estimate of drug-likeness (QED) is 0.513. The summed E-state index contributed by atoms with van der Waals surface area (Å²) in [6.07, 6.45) is 7.89. The Labute approximate surface area is 210 Å². The van der Waals surface area contributed by atoms with Gasteiger partial charge in [0.25, 0.3) is 5.91 Å². The summed E-state index contributed by atoms with van der Waals surface area (Å²) in [5.41, 5.74) is 4.97. The molecule has 1 saturated carbocycles. The number of fused-ring (bicyclic) bond motifs is 1. The van der Waals surface area contributed by atoms with Crippen LogP contribution < -0.4 is 4.74 Å². The lowest BCUT2D eigenvalue weighted by atomic mass is 9.86. The van der Waals surface area contributed by atoms with Crippen molar-refractivity contribution in [3.8, 4) is 5.75 Å². The highest BCUT2D eigenvalue weighted by atomic mass is 16.5. The average Bonchev–Trinajstić information content (AvgIpc) is 3.72. The van der Waals surface area contributed by atoms with Crippen molar-refractivity contribution in [2.75, 3.05) is 40.5 Å². The van der Waals surface area contributed by atoms with Gasteiger partial charge >= 0.3 is 0 Å². The van der Waals surface area contributed by atoms with Gasteiger partial charge in [-0.3, -0.25) is 4.79 Å². The minimum absolute atomic E-state index is 0.0959. The van der Waals surface area contributed by atoms with Crippen LogP contribution in [0.4, 0.5) is 0 Å². The molecule has 0 aromatic heterocycles. The van der Waals surface area contributed by atoms with E-state index in [-0.39, 0.29) is 11.9 Å². The Morgan fingerprint density at radius 1 is 0.943 bits per heavy atom. The van der Waals surface area contributed by atoms with Crippen LogP contribution >= 0.6 is 0 Å². The van der Waals surface area contributed by atoms with Crippen LogP contribution in [0.2, 0.25) is 0 Å². The molecule has 2 aromatic carbocycles. The number of nitrogens with zero attached hydrogens (tertiary/aromatic N) is 2. The molecule has 2 fully saturated rings. The molecule has 0 unspecified atom stereocenters. The van der Waals surface area contributed by atoms with E-state index in [0.717, 1.165) is 75.3 Å². The van der Waals surface area contributed by atoms with Crippen molar-refractivity contribution in [3.63, 3.8) is 0 Å². The van der Waals surface area contributed by atoms with Crippen LogP contribution in [0.5, 0.6) is 5.75 Å². The molecule has 1 saturated heterocycles. The number of carbonyl (C=O) groups is 1. The number of aryl methyl sites for hydroxylation is 1. The number of carbonyl (C=O) groups excluding carboxylic acids is 1. The fourth-order valence-electron chi connectivity index (χ4n) is 5.53. The summed E-state index contributed by atoms with van der Waals surface area (Å²) >= 11 is 0. The molecule has 1 amide bonds. The number of likely N-dealkylation sites (N-methyl/N-ethyl adjacent to an activating group) is 1. The lowest BCUT2D eigenvalue weighted by Gasteiger charge is -2.33. The predicted octanol–water partition coefficient (Wildman–Crippen LogP) is 4.96. The minimum atomic E-state index is 0.0959. The van der Waals surface area contributed by atoms with Gasteiger partial charge in [0.1, 0.15) is 5.75 Å². The smallest absolute Gasteiger partial charge is 0.253 e. The van der Waals surface area contributed by atoms with Crippen LogP contribution in [0.1, 0.15) is 59.2 Å². The molecular weight excluding hydrogens is 436 g/mol. The van der Waals surface area contributed by atoms with Crippen molar-refractivity contribution in [1.82, 2.24) is 9.80 Å². The van der Waals surface area contributed by atoms with Crippen LogP contribution in [0.25, 0.3) is 0 Å². The summed E-state index contributed by atoms with van der Waals surface area (Å²) in [7, 11) is 4.19. The number of amides is 1. The lowest BCUT2D eigenvalue weighted by molar-refractivity contribution is 0.0549. The van der Waals surface area contributed by atoms with Crippen molar-refractivity contribution < 1.29 is 14.3 Å². The minimum Gasteiger partial charge on any atom is -0.493 e. The molecule has 0 spiro atoms. The normalized spacial score (nSPS) is 20.5. The van der Waals surface area contributed by atoms with E-state index in [1.54, 1.807) is 0 Å². The first-order valence-electron chi connectivity index (χ1n) is 13.4. The molecule has 3 aliphatic rings. The van der Waals surface area contributed by atoms with Gasteiger partial charge in [0, 0.05) is 45.0 Å². The number of hydrogen-bond acceptors (Lipinski definition) is 4. The molecule has 1 atom stereocenters. The van der Waals surface area contributed by atoms with Gasteiger partial charge in [-0.25, -0.2) is 0 Å². The maximum atomic E-state index is 13.2. The maximum Gasteiger partial charge on any atom is 0.253 e. The Morgan fingerprint density at radius 3 is 2.46 bits per heavy atom. The van der Waals surface area contributed by atoms with E-state index in [1.165, 1.54) is 42.4 Å². The maximum absolute atomic E-state index is 13.2. The molecule has 2 aliphatic carbocycles. The molecule has 0 radical (unpaired) electrons. The first-order valence-corrected chi connectivity index (χ1v) is 13.4. The highest BCUT2D eigenvalue weighted by Gasteiger charge is 2.26. The second kappa shape index (κ2) is 11.1. The van der Waals surface area contributed by atoms with Crippen molar-refractivity contribution in [2.24, 2.45) is 11.8 Å². The van der Waals surface area contributed by atoms with Crippen LogP contribution in [0.15, 0.2) is 42.5 Å². The summed E-state index contributed by atoms with van der Waals surface area (Å²) in [6, 6.07) is 14.9. The Morgan fingerprint density at radius 2 is 1.71 bits per heavy atom. The largest absolute Gasteiger partial charge is 0.493 e. The Hall–Kier alpha value is -2.37. The standard InChI is InChI=1S/C30H40N2O3/c1-31(19-22-13-15-34-16-14-22)20-24-5-6-27-18-28(10-7-26(27)17-24)32(2)30(33)25-8-11-29(12-9-25)35-21-23-3-4-23/h5-6,8-9,11-12,17,22-23,28H,3-4,7,10,13-16,18-21H2,1-2H3/t28-/m0/s1. The van der Waals surface area contributed by atoms with Gasteiger partial charge in [0.15, 0.2) is 0 Å². The lowest BCUT2D eigenvalue weighted by Crippen LogP contribution is -2.40. The Balaban J connectivity index is 1.14. The molecule has 2 aromatic rings. The van der Waals surface area contributed by atoms with Crippen LogP contribution in [0, 0.1) is 11.8 Å². The summed E-state index contributed by atoms with van der Waals surface area (Å²) in [5.74, 6) is 2.44. The zero-order valence-corrected chi connectivity index (χ0v) is 21.4. The molecule has 1 heterocycles. The van der Waals surface area contributed by atoms with E-state index >= 15 is 0 Å². The van der Waals surface area contributed by atoms with E-state index in [1.807, 2.05) is 36.2 Å². The van der Waals surface area contributed by atoms with E-state index < -0.39 is 0 Å². The topological polar surface area (TPSA) is 42.0 Å². The van der Waals surface area contributed by atoms with Gasteiger partial charge in [-0.2, -0.15) is 0 Å². The van der Waals surface area contributed by atoms with Crippen molar-refractivity contribution in [3.05, 3.63) is 64.7 Å². The third-order valence-electron chi connectivity index (χ3n) is 7.99. The average molecular weight is 477 g/mol. The number of rotatable bonds is 9. The zero-order chi connectivity index (χ0) is 24.2. The van der Waals surface area contributed by atoms with Gasteiger partial charge in [-0.1, -0.05) is 18.2 Å².